The van der Waals surface area contributed by atoms with Crippen LogP contribution in [0, 0.1) is 0 Å². The average molecular weight is 214 g/mol. The van der Waals surface area contributed by atoms with E-state index in [0.29, 0.717) is 0 Å². The summed E-state index contributed by atoms with van der Waals surface area (Å²) in [5.41, 5.74) is 1.83. The molecule has 0 spiro atoms. The molecule has 4 heteroatoms. The van der Waals surface area contributed by atoms with Gasteiger partial charge in [-0.2, -0.15) is 0 Å². The fourth-order valence-electron chi connectivity index (χ4n) is 2.24. The van der Waals surface area contributed by atoms with E-state index in [4.69, 9.17) is 0 Å². The first kappa shape index (κ1) is 9.69. The van der Waals surface area contributed by atoms with Crippen molar-refractivity contribution in [1.29, 1.82) is 0 Å². The number of hydrogen-bond donors (Lipinski definition) is 1. The molecule has 0 aliphatic carbocycles. The van der Waals surface area contributed by atoms with Crippen LogP contribution < -0.4 is 5.32 Å². The first-order valence-electron chi connectivity index (χ1n) is 5.41. The van der Waals surface area contributed by atoms with E-state index in [-0.39, 0.29) is 0 Å². The van der Waals surface area contributed by atoms with E-state index in [1.54, 1.807) is 6.34 Å². The Morgan fingerprint density at radius 1 is 1.31 bits per heavy atom. The van der Waals surface area contributed by atoms with Gasteiger partial charge >= 0.3 is 0 Å². The zero-order chi connectivity index (χ0) is 11.0. The third-order valence-corrected chi connectivity index (χ3v) is 3.10. The van der Waals surface area contributed by atoms with E-state index in [9.17, 15) is 0 Å². The van der Waals surface area contributed by atoms with Crippen LogP contribution in [0.4, 0.5) is 0 Å². The Bertz CT molecular complexity index is 451. The zero-order valence-corrected chi connectivity index (χ0v) is 9.22. The summed E-state index contributed by atoms with van der Waals surface area (Å²) in [6.07, 6.45) is 1.66. The molecule has 0 aromatic heterocycles. The average Bonchev–Trinajstić information content (AvgIpc) is 2.74. The van der Waals surface area contributed by atoms with Gasteiger partial charge in [0.2, 0.25) is 0 Å². The molecule has 0 saturated carbocycles. The molecular weight excluding hydrogens is 200 g/mol. The maximum Gasteiger partial charge on any atom is 0.179 e. The van der Waals surface area contributed by atoms with E-state index in [1.807, 2.05) is 18.2 Å². The number of benzene rings is 1. The monoisotopic (exact) mass is 214 g/mol. The molecule has 2 aliphatic rings. The quantitative estimate of drug-likeness (QED) is 0.751. The first-order chi connectivity index (χ1) is 7.81. The second-order valence-corrected chi connectivity index (χ2v) is 4.25. The Kier molecular flexibility index (Phi) is 2.12. The van der Waals surface area contributed by atoms with Crippen LogP contribution in [0.2, 0.25) is 0 Å². The summed E-state index contributed by atoms with van der Waals surface area (Å²) < 4.78 is 0. The summed E-state index contributed by atoms with van der Waals surface area (Å²) in [5, 5.41) is 3.46. The molecule has 2 heterocycles. The van der Waals surface area contributed by atoms with Crippen LogP contribution in [-0.4, -0.2) is 37.2 Å². The van der Waals surface area contributed by atoms with Crippen molar-refractivity contribution in [2.75, 3.05) is 20.3 Å². The highest BCUT2D eigenvalue weighted by Gasteiger charge is 2.42. The molecule has 0 amide bonds. The van der Waals surface area contributed by atoms with Gasteiger partial charge < -0.3 is 0 Å². The Hall–Kier alpha value is -1.52. The summed E-state index contributed by atoms with van der Waals surface area (Å²) >= 11 is 0. The van der Waals surface area contributed by atoms with Gasteiger partial charge in [0.05, 0.1) is 12.4 Å². The van der Waals surface area contributed by atoms with Crippen molar-refractivity contribution in [1.82, 2.24) is 10.2 Å². The van der Waals surface area contributed by atoms with E-state index in [0.717, 1.165) is 24.5 Å². The summed E-state index contributed by atoms with van der Waals surface area (Å²) in [4.78, 5) is 11.1. The fourth-order valence-corrected chi connectivity index (χ4v) is 2.24. The van der Waals surface area contributed by atoms with Gasteiger partial charge in [-0.05, 0) is 7.05 Å². The van der Waals surface area contributed by atoms with Gasteiger partial charge in [0, 0.05) is 12.1 Å². The van der Waals surface area contributed by atoms with Crippen LogP contribution >= 0.6 is 0 Å². The van der Waals surface area contributed by atoms with E-state index >= 15 is 0 Å². The molecule has 1 N–H and O–H groups in total. The number of rotatable bonds is 1. The molecule has 4 nitrogen and oxygen atoms in total. The molecule has 1 aromatic rings. The van der Waals surface area contributed by atoms with Gasteiger partial charge in [-0.3, -0.25) is 10.2 Å². The lowest BCUT2D eigenvalue weighted by Gasteiger charge is -2.37. The van der Waals surface area contributed by atoms with Crippen LogP contribution in [0.5, 0.6) is 0 Å². The Morgan fingerprint density at radius 2 is 2.12 bits per heavy atom. The number of nitrogens with zero attached hydrogens (tertiary/aromatic N) is 3. The van der Waals surface area contributed by atoms with Crippen molar-refractivity contribution in [3.8, 4) is 0 Å². The summed E-state index contributed by atoms with van der Waals surface area (Å²) in [6, 6.07) is 10.3. The highest BCUT2D eigenvalue weighted by atomic mass is 15.3. The number of fused-ring (bicyclic) bond motifs is 1. The van der Waals surface area contributed by atoms with Crippen LogP contribution in [0.25, 0.3) is 0 Å². The van der Waals surface area contributed by atoms with Crippen molar-refractivity contribution in [3.05, 3.63) is 35.9 Å². The van der Waals surface area contributed by atoms with Gasteiger partial charge in [-0.25, -0.2) is 9.98 Å². The van der Waals surface area contributed by atoms with Crippen LogP contribution in [0.3, 0.4) is 0 Å². The lowest BCUT2D eigenvalue weighted by atomic mass is 9.93. The smallest absolute Gasteiger partial charge is 0.179 e. The highest BCUT2D eigenvalue weighted by Crippen LogP contribution is 2.29. The van der Waals surface area contributed by atoms with Gasteiger partial charge in [-0.1, -0.05) is 30.3 Å². The third-order valence-electron chi connectivity index (χ3n) is 3.10. The molecule has 1 fully saturated rings. The van der Waals surface area contributed by atoms with E-state index < -0.39 is 5.66 Å². The molecule has 0 bridgehead atoms. The van der Waals surface area contributed by atoms with Crippen LogP contribution in [0.1, 0.15) is 5.56 Å². The Balaban J connectivity index is 2.05. The highest BCUT2D eigenvalue weighted by molar-refractivity contribution is 6.04. The minimum absolute atomic E-state index is 0.409. The molecule has 82 valence electrons. The normalized spacial score (nSPS) is 28.9. The van der Waals surface area contributed by atoms with Gasteiger partial charge in [0.1, 0.15) is 6.34 Å². The third kappa shape index (κ3) is 1.31. The second-order valence-electron chi connectivity index (χ2n) is 4.25. The molecule has 2 aliphatic heterocycles. The molecule has 0 radical (unpaired) electrons. The minimum Gasteiger partial charge on any atom is -0.288 e. The van der Waals surface area contributed by atoms with Gasteiger partial charge in [-0.15, -0.1) is 0 Å². The maximum absolute atomic E-state index is 4.53. The molecular formula is C12H14N4. The van der Waals surface area contributed by atoms with Crippen molar-refractivity contribution < 1.29 is 0 Å². The molecule has 3 rings (SSSR count). The molecule has 1 atom stereocenters. The predicted octanol–water partition coefficient (Wildman–Crippen LogP) is 0.815. The largest absolute Gasteiger partial charge is 0.288 e. The number of nitrogens with one attached hydrogen (secondary N) is 1. The second kappa shape index (κ2) is 3.50. The molecule has 1 saturated heterocycles. The van der Waals surface area contributed by atoms with Crippen molar-refractivity contribution in [2.45, 2.75) is 5.66 Å². The van der Waals surface area contributed by atoms with Gasteiger partial charge in [0.15, 0.2) is 5.66 Å². The minimum atomic E-state index is -0.409. The topological polar surface area (TPSA) is 40.0 Å². The van der Waals surface area contributed by atoms with Crippen molar-refractivity contribution >= 4 is 12.1 Å². The lowest BCUT2D eigenvalue weighted by Crippen LogP contribution is -2.58. The van der Waals surface area contributed by atoms with Crippen LogP contribution in [0.15, 0.2) is 40.3 Å². The lowest BCUT2D eigenvalue weighted by molar-refractivity contribution is 0.262. The van der Waals surface area contributed by atoms with Crippen molar-refractivity contribution in [3.63, 3.8) is 0 Å². The Labute approximate surface area is 94.7 Å². The molecule has 1 aromatic carbocycles. The fraction of sp³-hybridized carbons (Fsp3) is 0.333. The van der Waals surface area contributed by atoms with E-state index in [1.165, 1.54) is 0 Å². The van der Waals surface area contributed by atoms with Crippen LogP contribution in [-0.2, 0) is 5.66 Å². The summed E-state index contributed by atoms with van der Waals surface area (Å²) in [6.45, 7) is 1.69. The summed E-state index contributed by atoms with van der Waals surface area (Å²) in [7, 11) is 2.07. The Morgan fingerprint density at radius 3 is 2.94 bits per heavy atom. The van der Waals surface area contributed by atoms with Crippen molar-refractivity contribution in [2.24, 2.45) is 9.98 Å². The standard InChI is InChI=1S/C12H14N4/c1-16-7-11-12(15-9-16,14-8-13-11)10-5-3-2-4-6-10/h2-6,8,15H,7,9H2,1H3. The van der Waals surface area contributed by atoms with E-state index in [2.05, 4.69) is 39.4 Å². The molecule has 1 unspecified atom stereocenters. The predicted molar refractivity (Wildman–Crippen MR) is 64.7 cm³/mol. The number of aliphatic imine (C=N–C) groups is 2. The van der Waals surface area contributed by atoms with Gasteiger partial charge in [0.25, 0.3) is 0 Å². The SMILES string of the molecule is CN1CNC2(c3ccccc3)N=CN=C2C1. The summed E-state index contributed by atoms with van der Waals surface area (Å²) in [5.74, 6) is 0. The molecule has 16 heavy (non-hydrogen) atoms. The first-order valence-corrected chi connectivity index (χ1v) is 5.41. The maximum atomic E-state index is 4.53. The zero-order valence-electron chi connectivity index (χ0n) is 9.22. The number of hydrogen-bond acceptors (Lipinski definition) is 4.